The number of hydrogen-bond donors (Lipinski definition) is 2. The van der Waals surface area contributed by atoms with Crippen molar-refractivity contribution in [1.29, 1.82) is 0 Å². The van der Waals surface area contributed by atoms with Crippen LogP contribution in [0.2, 0.25) is 0 Å². The fourth-order valence-corrected chi connectivity index (χ4v) is 1.57. The summed E-state index contributed by atoms with van der Waals surface area (Å²) in [6.45, 7) is 0.446. The van der Waals surface area contributed by atoms with Crippen molar-refractivity contribution in [2.24, 2.45) is 5.73 Å². The van der Waals surface area contributed by atoms with E-state index in [4.69, 9.17) is 5.73 Å². The monoisotopic (exact) mass is 244 g/mol. The molecule has 0 atom stereocenters. The molecule has 0 aliphatic carbocycles. The minimum Gasteiger partial charge on any atom is -0.326 e. The summed E-state index contributed by atoms with van der Waals surface area (Å²) >= 11 is 0. The zero-order valence-corrected chi connectivity index (χ0v) is 9.69. The molecule has 2 rings (SSSR count). The van der Waals surface area contributed by atoms with Crippen molar-refractivity contribution in [3.05, 3.63) is 65.5 Å². The second-order valence-electron chi connectivity index (χ2n) is 3.84. The Bertz CT molecular complexity index is 552. The second-order valence-corrected chi connectivity index (χ2v) is 3.84. The van der Waals surface area contributed by atoms with E-state index >= 15 is 0 Å². The summed E-state index contributed by atoms with van der Waals surface area (Å²) in [5.41, 5.74) is 7.09. The van der Waals surface area contributed by atoms with Crippen LogP contribution in [0.4, 0.5) is 10.1 Å². The van der Waals surface area contributed by atoms with E-state index in [1.807, 2.05) is 12.1 Å². The summed E-state index contributed by atoms with van der Waals surface area (Å²) in [7, 11) is 0. The Kier molecular flexibility index (Phi) is 3.69. The fourth-order valence-electron chi connectivity index (χ4n) is 1.57. The Balaban J connectivity index is 2.14. The molecule has 0 aliphatic heterocycles. The Labute approximate surface area is 104 Å². The molecule has 0 aliphatic rings. The zero-order chi connectivity index (χ0) is 13.0. The minimum absolute atomic E-state index is 0.0281. The number of carbonyl (C=O) groups is 1. The first-order valence-corrected chi connectivity index (χ1v) is 5.55. The van der Waals surface area contributed by atoms with E-state index in [-0.39, 0.29) is 5.56 Å². The summed E-state index contributed by atoms with van der Waals surface area (Å²) in [4.78, 5) is 11.8. The van der Waals surface area contributed by atoms with Gasteiger partial charge in [-0.1, -0.05) is 24.3 Å². The molecule has 92 valence electrons. The number of amides is 1. The van der Waals surface area contributed by atoms with Gasteiger partial charge in [0.05, 0.1) is 5.56 Å². The average molecular weight is 244 g/mol. The van der Waals surface area contributed by atoms with Gasteiger partial charge in [0.15, 0.2) is 0 Å². The Morgan fingerprint density at radius 3 is 2.39 bits per heavy atom. The highest BCUT2D eigenvalue weighted by Crippen LogP contribution is 2.12. The van der Waals surface area contributed by atoms with Gasteiger partial charge in [-0.2, -0.15) is 0 Å². The van der Waals surface area contributed by atoms with Crippen molar-refractivity contribution in [3.63, 3.8) is 0 Å². The maximum atomic E-state index is 13.4. The summed E-state index contributed by atoms with van der Waals surface area (Å²) in [6, 6.07) is 13.0. The van der Waals surface area contributed by atoms with Crippen molar-refractivity contribution >= 4 is 11.6 Å². The van der Waals surface area contributed by atoms with Crippen molar-refractivity contribution in [3.8, 4) is 0 Å². The van der Waals surface area contributed by atoms with Crippen molar-refractivity contribution in [1.82, 2.24) is 0 Å². The molecule has 3 N–H and O–H groups in total. The zero-order valence-electron chi connectivity index (χ0n) is 9.69. The summed E-state index contributed by atoms with van der Waals surface area (Å²) < 4.78 is 13.4. The van der Waals surface area contributed by atoms with E-state index < -0.39 is 11.7 Å². The van der Waals surface area contributed by atoms with Crippen molar-refractivity contribution < 1.29 is 9.18 Å². The molecule has 1 amide bonds. The molecule has 0 saturated carbocycles. The molecule has 4 heteroatoms. The first kappa shape index (κ1) is 12.3. The van der Waals surface area contributed by atoms with Gasteiger partial charge >= 0.3 is 0 Å². The standard InChI is InChI=1S/C14H13FN2O/c15-13-4-2-1-3-12(13)14(18)17-11-7-5-10(9-16)6-8-11/h1-8H,9,16H2,(H,17,18). The lowest BCUT2D eigenvalue weighted by Gasteiger charge is -2.06. The molecule has 0 aromatic heterocycles. The van der Waals surface area contributed by atoms with Crippen LogP contribution in [-0.2, 0) is 6.54 Å². The Morgan fingerprint density at radius 1 is 1.11 bits per heavy atom. The SMILES string of the molecule is NCc1ccc(NC(=O)c2ccccc2F)cc1. The Morgan fingerprint density at radius 2 is 1.78 bits per heavy atom. The van der Waals surface area contributed by atoms with Gasteiger partial charge in [-0.25, -0.2) is 4.39 Å². The molecule has 0 unspecified atom stereocenters. The molecule has 0 bridgehead atoms. The van der Waals surface area contributed by atoms with Crippen LogP contribution in [0.3, 0.4) is 0 Å². The number of anilines is 1. The molecular formula is C14H13FN2O. The van der Waals surface area contributed by atoms with Crippen molar-refractivity contribution in [2.45, 2.75) is 6.54 Å². The molecule has 0 radical (unpaired) electrons. The number of carbonyl (C=O) groups excluding carboxylic acids is 1. The van der Waals surface area contributed by atoms with Crippen LogP contribution in [0.1, 0.15) is 15.9 Å². The molecule has 3 nitrogen and oxygen atoms in total. The van der Waals surface area contributed by atoms with Gasteiger partial charge in [0.1, 0.15) is 5.82 Å². The molecule has 2 aromatic rings. The van der Waals surface area contributed by atoms with Gasteiger partial charge in [-0.3, -0.25) is 4.79 Å². The fraction of sp³-hybridized carbons (Fsp3) is 0.0714. The van der Waals surface area contributed by atoms with Gasteiger partial charge < -0.3 is 11.1 Å². The van der Waals surface area contributed by atoms with Crippen molar-refractivity contribution in [2.75, 3.05) is 5.32 Å². The van der Waals surface area contributed by atoms with Gasteiger partial charge in [0.2, 0.25) is 0 Å². The van der Waals surface area contributed by atoms with Crippen LogP contribution in [0.15, 0.2) is 48.5 Å². The van der Waals surface area contributed by atoms with Crippen LogP contribution in [0.5, 0.6) is 0 Å². The van der Waals surface area contributed by atoms with Crippen LogP contribution >= 0.6 is 0 Å². The van der Waals surface area contributed by atoms with E-state index in [1.165, 1.54) is 12.1 Å². The van der Waals surface area contributed by atoms with Gasteiger partial charge in [-0.05, 0) is 29.8 Å². The van der Waals surface area contributed by atoms with Gasteiger partial charge in [0, 0.05) is 12.2 Å². The smallest absolute Gasteiger partial charge is 0.258 e. The predicted molar refractivity (Wildman–Crippen MR) is 68.7 cm³/mol. The first-order valence-electron chi connectivity index (χ1n) is 5.55. The quantitative estimate of drug-likeness (QED) is 0.871. The number of hydrogen-bond acceptors (Lipinski definition) is 2. The molecule has 0 fully saturated rings. The molecule has 0 heterocycles. The first-order chi connectivity index (χ1) is 8.70. The number of nitrogens with two attached hydrogens (primary N) is 1. The number of rotatable bonds is 3. The lowest BCUT2D eigenvalue weighted by Crippen LogP contribution is -2.13. The minimum atomic E-state index is -0.534. The van der Waals surface area contributed by atoms with E-state index in [1.54, 1.807) is 24.3 Å². The van der Waals surface area contributed by atoms with E-state index in [0.717, 1.165) is 5.56 Å². The molecular weight excluding hydrogens is 231 g/mol. The molecule has 0 spiro atoms. The molecule has 2 aromatic carbocycles. The maximum Gasteiger partial charge on any atom is 0.258 e. The molecule has 0 saturated heterocycles. The lowest BCUT2D eigenvalue weighted by atomic mass is 10.1. The van der Waals surface area contributed by atoms with E-state index in [2.05, 4.69) is 5.32 Å². The van der Waals surface area contributed by atoms with Crippen LogP contribution in [0.25, 0.3) is 0 Å². The van der Waals surface area contributed by atoms with Crippen LogP contribution in [-0.4, -0.2) is 5.91 Å². The highest BCUT2D eigenvalue weighted by Gasteiger charge is 2.10. The second kappa shape index (κ2) is 5.42. The number of halogens is 1. The van der Waals surface area contributed by atoms with Gasteiger partial charge in [-0.15, -0.1) is 0 Å². The highest BCUT2D eigenvalue weighted by atomic mass is 19.1. The van der Waals surface area contributed by atoms with Gasteiger partial charge in [0.25, 0.3) is 5.91 Å². The average Bonchev–Trinajstić information content (AvgIpc) is 2.40. The third-order valence-corrected chi connectivity index (χ3v) is 2.57. The lowest BCUT2D eigenvalue weighted by molar-refractivity contribution is 0.102. The third-order valence-electron chi connectivity index (χ3n) is 2.57. The summed E-state index contributed by atoms with van der Waals surface area (Å²) in [5.74, 6) is -0.998. The summed E-state index contributed by atoms with van der Waals surface area (Å²) in [5, 5.41) is 2.63. The topological polar surface area (TPSA) is 55.1 Å². The predicted octanol–water partition coefficient (Wildman–Crippen LogP) is 2.54. The third kappa shape index (κ3) is 2.73. The Hall–Kier alpha value is -2.20. The maximum absolute atomic E-state index is 13.4. The van der Waals surface area contributed by atoms with E-state index in [9.17, 15) is 9.18 Å². The summed E-state index contributed by atoms with van der Waals surface area (Å²) in [6.07, 6.45) is 0. The number of benzene rings is 2. The number of nitrogens with one attached hydrogen (secondary N) is 1. The molecule has 18 heavy (non-hydrogen) atoms. The van der Waals surface area contributed by atoms with E-state index in [0.29, 0.717) is 12.2 Å². The largest absolute Gasteiger partial charge is 0.326 e. The van der Waals surface area contributed by atoms with Crippen LogP contribution < -0.4 is 11.1 Å². The van der Waals surface area contributed by atoms with Crippen LogP contribution in [0, 0.1) is 5.82 Å². The highest BCUT2D eigenvalue weighted by molar-refractivity contribution is 6.04. The normalized spacial score (nSPS) is 10.1.